The summed E-state index contributed by atoms with van der Waals surface area (Å²) in [7, 11) is 3.17. The third-order valence-electron chi connectivity index (χ3n) is 6.60. The summed E-state index contributed by atoms with van der Waals surface area (Å²) in [5.41, 5.74) is 3.47. The van der Waals surface area contributed by atoms with E-state index >= 15 is 0 Å². The van der Waals surface area contributed by atoms with Crippen molar-refractivity contribution in [2.45, 2.75) is 43.6 Å². The first-order valence-electron chi connectivity index (χ1n) is 11.9. The second-order valence-electron chi connectivity index (χ2n) is 9.93. The smallest absolute Gasteiger partial charge is 0.335 e. The van der Waals surface area contributed by atoms with Gasteiger partial charge < -0.3 is 19.9 Å². The fourth-order valence-electron chi connectivity index (χ4n) is 4.87. The first kappa shape index (κ1) is 24.9. The number of carboxylic acid groups (broad SMARTS) is 1. The summed E-state index contributed by atoms with van der Waals surface area (Å²) in [6.07, 6.45) is 1.18. The number of rotatable bonds is 7. The standard InChI is InChI=1S/C27H28N4O5S/c1-27(2)12-18-22(19(32)13-27)23(17-9-10-20(35-3)21(11-17)36-4)31-25(28-18)29-26(30-31)37-14-15-5-7-16(8-6-15)24(33)34/h5-11,23H,12-14H2,1-4H3,(H,33,34)(H,28,29,30). The minimum absolute atomic E-state index is 0.0902. The van der Waals surface area contributed by atoms with Gasteiger partial charge in [0.2, 0.25) is 11.1 Å². The number of nitrogens with zero attached hydrogens (tertiary/aromatic N) is 3. The Morgan fingerprint density at radius 1 is 1.14 bits per heavy atom. The lowest BCUT2D eigenvalue weighted by atomic mass is 9.73. The second-order valence-corrected chi connectivity index (χ2v) is 10.9. The molecule has 1 aliphatic carbocycles. The van der Waals surface area contributed by atoms with Crippen LogP contribution < -0.4 is 14.8 Å². The highest BCUT2D eigenvalue weighted by Gasteiger charge is 2.42. The SMILES string of the molecule is COc1ccc(C2C3=C(CC(C)(C)CC3=O)Nc3nc(SCc4ccc(C(=O)O)cc4)nn32)cc1OC. The highest BCUT2D eigenvalue weighted by Crippen LogP contribution is 2.46. The van der Waals surface area contributed by atoms with Crippen LogP contribution in [0.25, 0.3) is 0 Å². The predicted octanol–water partition coefficient (Wildman–Crippen LogP) is 4.94. The van der Waals surface area contributed by atoms with Crippen molar-refractivity contribution in [2.75, 3.05) is 19.5 Å². The lowest BCUT2D eigenvalue weighted by molar-refractivity contribution is -0.118. The van der Waals surface area contributed by atoms with Crippen LogP contribution in [0.4, 0.5) is 5.95 Å². The van der Waals surface area contributed by atoms with Gasteiger partial charge in [0.25, 0.3) is 0 Å². The Kier molecular flexibility index (Phi) is 6.45. The largest absolute Gasteiger partial charge is 0.493 e. The van der Waals surface area contributed by atoms with Gasteiger partial charge in [-0.1, -0.05) is 43.8 Å². The summed E-state index contributed by atoms with van der Waals surface area (Å²) in [5, 5.41) is 17.8. The van der Waals surface area contributed by atoms with Gasteiger partial charge in [-0.15, -0.1) is 5.10 Å². The molecule has 0 bridgehead atoms. The molecule has 1 aromatic heterocycles. The quantitative estimate of drug-likeness (QED) is 0.418. The number of ketones is 1. The molecule has 0 saturated heterocycles. The van der Waals surface area contributed by atoms with Gasteiger partial charge >= 0.3 is 5.97 Å². The Bertz CT molecular complexity index is 1410. The number of fused-ring (bicyclic) bond motifs is 1. The highest BCUT2D eigenvalue weighted by atomic mass is 32.2. The van der Waals surface area contributed by atoms with Crippen LogP contribution in [0, 0.1) is 5.41 Å². The number of hydrogen-bond donors (Lipinski definition) is 2. The molecule has 5 rings (SSSR count). The van der Waals surface area contributed by atoms with Crippen molar-refractivity contribution in [1.29, 1.82) is 0 Å². The molecule has 2 aliphatic rings. The van der Waals surface area contributed by atoms with E-state index in [1.54, 1.807) is 43.2 Å². The molecule has 0 amide bonds. The number of carbonyl (C=O) groups is 2. The van der Waals surface area contributed by atoms with Crippen molar-refractivity contribution in [2.24, 2.45) is 5.41 Å². The van der Waals surface area contributed by atoms with E-state index in [4.69, 9.17) is 24.7 Å². The minimum Gasteiger partial charge on any atom is -0.493 e. The second kappa shape index (κ2) is 9.59. The molecule has 3 aromatic rings. The van der Waals surface area contributed by atoms with Crippen LogP contribution in [0.15, 0.2) is 58.9 Å². The molecule has 37 heavy (non-hydrogen) atoms. The van der Waals surface area contributed by atoms with E-state index in [9.17, 15) is 9.59 Å². The molecule has 2 N–H and O–H groups in total. The van der Waals surface area contributed by atoms with Crippen molar-refractivity contribution >= 4 is 29.5 Å². The Labute approximate surface area is 218 Å². The zero-order chi connectivity index (χ0) is 26.3. The number of allylic oxidation sites excluding steroid dienone is 2. The molecular weight excluding hydrogens is 492 g/mol. The van der Waals surface area contributed by atoms with Gasteiger partial charge in [0.05, 0.1) is 19.8 Å². The van der Waals surface area contributed by atoms with Gasteiger partial charge in [0, 0.05) is 23.4 Å². The van der Waals surface area contributed by atoms with Crippen LogP contribution in [-0.4, -0.2) is 45.8 Å². The Balaban J connectivity index is 1.51. The zero-order valence-corrected chi connectivity index (χ0v) is 21.9. The molecule has 192 valence electrons. The van der Waals surface area contributed by atoms with E-state index in [2.05, 4.69) is 19.2 Å². The number of hydrogen-bond acceptors (Lipinski definition) is 8. The van der Waals surface area contributed by atoms with Gasteiger partial charge in [0.1, 0.15) is 6.04 Å². The predicted molar refractivity (Wildman–Crippen MR) is 139 cm³/mol. The third kappa shape index (κ3) is 4.81. The Morgan fingerprint density at radius 2 is 1.86 bits per heavy atom. The van der Waals surface area contributed by atoms with E-state index in [1.165, 1.54) is 11.8 Å². The summed E-state index contributed by atoms with van der Waals surface area (Å²) in [5.74, 6) is 1.47. The van der Waals surface area contributed by atoms with Crippen LogP contribution in [0.5, 0.6) is 11.5 Å². The van der Waals surface area contributed by atoms with Crippen LogP contribution in [0.3, 0.4) is 0 Å². The summed E-state index contributed by atoms with van der Waals surface area (Å²) in [4.78, 5) is 29.3. The fraction of sp³-hybridized carbons (Fsp3) is 0.333. The maximum Gasteiger partial charge on any atom is 0.335 e. The van der Waals surface area contributed by atoms with Gasteiger partial charge in [0.15, 0.2) is 17.3 Å². The first-order chi connectivity index (χ1) is 17.7. The topological polar surface area (TPSA) is 116 Å². The summed E-state index contributed by atoms with van der Waals surface area (Å²) >= 11 is 1.45. The van der Waals surface area contributed by atoms with Gasteiger partial charge in [-0.05, 0) is 47.2 Å². The van der Waals surface area contributed by atoms with Gasteiger partial charge in [-0.2, -0.15) is 4.98 Å². The average Bonchev–Trinajstić information content (AvgIpc) is 3.27. The number of ether oxygens (including phenoxy) is 2. The zero-order valence-electron chi connectivity index (χ0n) is 21.1. The van der Waals surface area contributed by atoms with E-state index < -0.39 is 12.0 Å². The number of benzene rings is 2. The average molecular weight is 521 g/mol. The minimum atomic E-state index is -0.955. The van der Waals surface area contributed by atoms with Crippen LogP contribution in [0.1, 0.15) is 54.2 Å². The molecule has 10 heteroatoms. The number of aromatic nitrogens is 3. The maximum atomic E-state index is 13.4. The van der Waals surface area contributed by atoms with Crippen molar-refractivity contribution in [3.63, 3.8) is 0 Å². The summed E-state index contributed by atoms with van der Waals surface area (Å²) in [6.45, 7) is 4.19. The molecule has 1 unspecified atom stereocenters. The highest BCUT2D eigenvalue weighted by molar-refractivity contribution is 7.98. The number of methoxy groups -OCH3 is 2. The van der Waals surface area contributed by atoms with Gasteiger partial charge in [-0.3, -0.25) is 4.79 Å². The lowest BCUT2D eigenvalue weighted by Crippen LogP contribution is -2.36. The molecule has 2 heterocycles. The van der Waals surface area contributed by atoms with E-state index in [1.807, 2.05) is 18.2 Å². The third-order valence-corrected chi connectivity index (χ3v) is 7.51. The maximum absolute atomic E-state index is 13.4. The number of anilines is 1. The molecule has 0 radical (unpaired) electrons. The monoisotopic (exact) mass is 520 g/mol. The van der Waals surface area contributed by atoms with Crippen molar-refractivity contribution in [3.8, 4) is 11.5 Å². The molecule has 1 atom stereocenters. The fourth-order valence-corrected chi connectivity index (χ4v) is 5.66. The normalized spacial score (nSPS) is 18.1. The van der Waals surface area contributed by atoms with Gasteiger partial charge in [-0.25, -0.2) is 9.48 Å². The number of carbonyl (C=O) groups excluding carboxylic acids is 1. The molecular formula is C27H28N4O5S. The van der Waals surface area contributed by atoms with Crippen LogP contribution >= 0.6 is 11.8 Å². The van der Waals surface area contributed by atoms with E-state index in [-0.39, 0.29) is 16.8 Å². The molecule has 9 nitrogen and oxygen atoms in total. The van der Waals surface area contributed by atoms with Crippen LogP contribution in [-0.2, 0) is 10.5 Å². The first-order valence-corrected chi connectivity index (χ1v) is 12.8. The molecule has 1 aliphatic heterocycles. The van der Waals surface area contributed by atoms with E-state index in [0.717, 1.165) is 23.2 Å². The molecule has 2 aromatic carbocycles. The Morgan fingerprint density at radius 3 is 2.54 bits per heavy atom. The number of nitrogens with one attached hydrogen (secondary N) is 1. The summed E-state index contributed by atoms with van der Waals surface area (Å²) < 4.78 is 12.7. The molecule has 0 spiro atoms. The number of carboxylic acids is 1. The Hall–Kier alpha value is -3.79. The molecule has 0 fully saturated rings. The van der Waals surface area contributed by atoms with Crippen LogP contribution in [0.2, 0.25) is 0 Å². The number of thioether (sulfide) groups is 1. The van der Waals surface area contributed by atoms with E-state index in [0.29, 0.717) is 40.4 Å². The number of Topliss-reactive ketones (excluding diaryl/α,β-unsaturated/α-hetero) is 1. The number of aromatic carboxylic acids is 1. The molecule has 0 saturated carbocycles. The lowest BCUT2D eigenvalue weighted by Gasteiger charge is -2.38. The van der Waals surface area contributed by atoms with Crippen molar-refractivity contribution < 1.29 is 24.2 Å². The van der Waals surface area contributed by atoms with Crippen molar-refractivity contribution in [3.05, 3.63) is 70.4 Å². The van der Waals surface area contributed by atoms with Crippen molar-refractivity contribution in [1.82, 2.24) is 14.8 Å². The summed E-state index contributed by atoms with van der Waals surface area (Å²) in [6, 6.07) is 11.9.